The first-order valence-corrected chi connectivity index (χ1v) is 7.22. The number of aromatic nitrogens is 1. The minimum absolute atomic E-state index is 0.0322. The van der Waals surface area contributed by atoms with E-state index in [1.807, 2.05) is 19.2 Å². The number of furan rings is 1. The molecule has 2 amide bonds. The van der Waals surface area contributed by atoms with Crippen LogP contribution in [0, 0.1) is 6.92 Å². The maximum atomic E-state index is 11.6. The second kappa shape index (κ2) is 7.00. The van der Waals surface area contributed by atoms with Crippen molar-refractivity contribution in [2.45, 2.75) is 19.9 Å². The van der Waals surface area contributed by atoms with E-state index < -0.39 is 5.91 Å². The van der Waals surface area contributed by atoms with Gasteiger partial charge in [0.1, 0.15) is 5.01 Å². The van der Waals surface area contributed by atoms with E-state index >= 15 is 0 Å². The predicted molar refractivity (Wildman–Crippen MR) is 77.6 cm³/mol. The lowest BCUT2D eigenvalue weighted by Gasteiger charge is -2.11. The molecule has 0 radical (unpaired) electrons. The van der Waals surface area contributed by atoms with Crippen LogP contribution in [0.15, 0.2) is 28.2 Å². The summed E-state index contributed by atoms with van der Waals surface area (Å²) < 4.78 is 4.90. The second-order valence-corrected chi connectivity index (χ2v) is 5.30. The average molecular weight is 308 g/mol. The number of hydrogen-bond donors (Lipinski definition) is 3. The lowest BCUT2D eigenvalue weighted by molar-refractivity contribution is -0.121. The number of aryl methyl sites for hydroxylation is 1. The zero-order chi connectivity index (χ0) is 15.2. The summed E-state index contributed by atoms with van der Waals surface area (Å²) in [5.74, 6) is -0.720. The molecular formula is C13H16N4O3S. The molecule has 0 unspecified atom stereocenters. The summed E-state index contributed by atoms with van der Waals surface area (Å²) in [7, 11) is 0. The molecule has 0 bridgehead atoms. The molecule has 3 N–H and O–H groups in total. The molecule has 8 heteroatoms. The van der Waals surface area contributed by atoms with Crippen LogP contribution in [0.2, 0.25) is 0 Å². The summed E-state index contributed by atoms with van der Waals surface area (Å²) in [6, 6.07) is 3.07. The number of nitrogens with zero attached hydrogens (tertiary/aromatic N) is 1. The summed E-state index contributed by atoms with van der Waals surface area (Å²) in [4.78, 5) is 27.5. The van der Waals surface area contributed by atoms with E-state index in [1.54, 1.807) is 6.07 Å². The monoisotopic (exact) mass is 308 g/mol. The first-order chi connectivity index (χ1) is 10.1. The quantitative estimate of drug-likeness (QED) is 0.720. The highest BCUT2D eigenvalue weighted by Crippen LogP contribution is 2.16. The van der Waals surface area contributed by atoms with Gasteiger partial charge in [0.2, 0.25) is 0 Å². The molecule has 2 aromatic rings. The van der Waals surface area contributed by atoms with Crippen LogP contribution in [0.5, 0.6) is 0 Å². The van der Waals surface area contributed by atoms with Crippen molar-refractivity contribution in [3.05, 3.63) is 40.2 Å². The Morgan fingerprint density at radius 3 is 2.86 bits per heavy atom. The molecule has 2 rings (SSSR count). The molecule has 0 fully saturated rings. The van der Waals surface area contributed by atoms with Gasteiger partial charge in [-0.2, -0.15) is 0 Å². The third-order valence-corrected chi connectivity index (χ3v) is 3.78. The Morgan fingerprint density at radius 1 is 1.43 bits per heavy atom. The second-order valence-electron chi connectivity index (χ2n) is 4.41. The van der Waals surface area contributed by atoms with Gasteiger partial charge in [-0.15, -0.1) is 11.3 Å². The SMILES string of the molecule is Cc1csc([C@H](C)NCC(=O)NNC(=O)c2ccco2)n1. The summed E-state index contributed by atoms with van der Waals surface area (Å²) in [5.41, 5.74) is 5.53. The van der Waals surface area contributed by atoms with Crippen molar-refractivity contribution in [2.75, 3.05) is 6.54 Å². The standard InChI is InChI=1S/C13H16N4O3S/c1-8-7-21-13(15-8)9(2)14-6-11(18)16-17-12(19)10-4-3-5-20-10/h3-5,7,9,14H,6H2,1-2H3,(H,16,18)(H,17,19)/t9-/m0/s1. The first-order valence-electron chi connectivity index (χ1n) is 6.34. The summed E-state index contributed by atoms with van der Waals surface area (Å²) >= 11 is 1.54. The van der Waals surface area contributed by atoms with Crippen molar-refractivity contribution in [1.29, 1.82) is 0 Å². The highest BCUT2D eigenvalue weighted by molar-refractivity contribution is 7.09. The molecular weight excluding hydrogens is 292 g/mol. The van der Waals surface area contributed by atoms with Gasteiger partial charge in [-0.3, -0.25) is 25.8 Å². The summed E-state index contributed by atoms with van der Waals surface area (Å²) in [6.07, 6.45) is 1.38. The van der Waals surface area contributed by atoms with Crippen molar-refractivity contribution in [3.63, 3.8) is 0 Å². The number of nitrogens with one attached hydrogen (secondary N) is 3. The van der Waals surface area contributed by atoms with Gasteiger partial charge in [0.25, 0.3) is 5.91 Å². The number of carbonyl (C=O) groups is 2. The van der Waals surface area contributed by atoms with Gasteiger partial charge < -0.3 is 4.42 Å². The van der Waals surface area contributed by atoms with Gasteiger partial charge in [0, 0.05) is 11.1 Å². The minimum Gasteiger partial charge on any atom is -0.459 e. The minimum atomic E-state index is -0.503. The largest absolute Gasteiger partial charge is 0.459 e. The smallest absolute Gasteiger partial charge is 0.305 e. The zero-order valence-corrected chi connectivity index (χ0v) is 12.5. The van der Waals surface area contributed by atoms with Crippen LogP contribution in [-0.2, 0) is 4.79 Å². The fourth-order valence-electron chi connectivity index (χ4n) is 1.54. The van der Waals surface area contributed by atoms with Crippen LogP contribution in [-0.4, -0.2) is 23.3 Å². The third kappa shape index (κ3) is 4.40. The van der Waals surface area contributed by atoms with Crippen LogP contribution in [0.4, 0.5) is 0 Å². The number of thiazole rings is 1. The average Bonchev–Trinajstić information content (AvgIpc) is 3.13. The third-order valence-electron chi connectivity index (χ3n) is 2.64. The Labute approximate surface area is 125 Å². The molecule has 0 aliphatic carbocycles. The van der Waals surface area contributed by atoms with Gasteiger partial charge in [-0.1, -0.05) is 0 Å². The summed E-state index contributed by atoms with van der Waals surface area (Å²) in [6.45, 7) is 3.91. The van der Waals surface area contributed by atoms with Crippen molar-refractivity contribution in [3.8, 4) is 0 Å². The molecule has 2 heterocycles. The van der Waals surface area contributed by atoms with Gasteiger partial charge in [0.05, 0.1) is 18.8 Å². The fraction of sp³-hybridized carbons (Fsp3) is 0.308. The van der Waals surface area contributed by atoms with E-state index in [-0.39, 0.29) is 24.3 Å². The fourth-order valence-corrected chi connectivity index (χ4v) is 2.37. The van der Waals surface area contributed by atoms with Crippen LogP contribution in [0.3, 0.4) is 0 Å². The highest BCUT2D eigenvalue weighted by Gasteiger charge is 2.12. The van der Waals surface area contributed by atoms with E-state index in [2.05, 4.69) is 21.2 Å². The van der Waals surface area contributed by atoms with Crippen molar-refractivity contribution in [1.82, 2.24) is 21.2 Å². The number of hydrazine groups is 1. The Morgan fingerprint density at radius 2 is 2.24 bits per heavy atom. The van der Waals surface area contributed by atoms with Gasteiger partial charge in [-0.25, -0.2) is 4.98 Å². The normalized spacial score (nSPS) is 11.9. The molecule has 0 aliphatic heterocycles. The maximum Gasteiger partial charge on any atom is 0.305 e. The maximum absolute atomic E-state index is 11.6. The predicted octanol–water partition coefficient (Wildman–Crippen LogP) is 1.16. The van der Waals surface area contributed by atoms with E-state index in [9.17, 15) is 9.59 Å². The first kappa shape index (κ1) is 15.2. The van der Waals surface area contributed by atoms with Crippen LogP contribution >= 0.6 is 11.3 Å². The van der Waals surface area contributed by atoms with E-state index in [4.69, 9.17) is 4.42 Å². The molecule has 1 atom stereocenters. The van der Waals surface area contributed by atoms with Crippen molar-refractivity contribution < 1.29 is 14.0 Å². The molecule has 21 heavy (non-hydrogen) atoms. The van der Waals surface area contributed by atoms with Gasteiger partial charge in [0.15, 0.2) is 5.76 Å². The van der Waals surface area contributed by atoms with E-state index in [0.29, 0.717) is 0 Å². The van der Waals surface area contributed by atoms with E-state index in [0.717, 1.165) is 10.7 Å². The Kier molecular flexibility index (Phi) is 5.07. The number of hydrogen-bond acceptors (Lipinski definition) is 6. The molecule has 7 nitrogen and oxygen atoms in total. The topological polar surface area (TPSA) is 96.3 Å². The van der Waals surface area contributed by atoms with Crippen LogP contribution in [0.1, 0.15) is 34.2 Å². The van der Waals surface area contributed by atoms with Gasteiger partial charge in [-0.05, 0) is 26.0 Å². The molecule has 2 aromatic heterocycles. The zero-order valence-electron chi connectivity index (χ0n) is 11.7. The lowest BCUT2D eigenvalue weighted by atomic mass is 10.3. The molecule has 0 spiro atoms. The highest BCUT2D eigenvalue weighted by atomic mass is 32.1. The molecule has 0 saturated carbocycles. The molecule has 0 aliphatic rings. The van der Waals surface area contributed by atoms with Crippen LogP contribution in [0.25, 0.3) is 0 Å². The van der Waals surface area contributed by atoms with Gasteiger partial charge >= 0.3 is 5.91 Å². The summed E-state index contributed by atoms with van der Waals surface area (Å²) in [5, 5.41) is 5.90. The van der Waals surface area contributed by atoms with Crippen molar-refractivity contribution in [2.24, 2.45) is 0 Å². The number of amides is 2. The number of rotatable bonds is 5. The lowest BCUT2D eigenvalue weighted by Crippen LogP contribution is -2.45. The Balaban J connectivity index is 1.71. The molecule has 0 aromatic carbocycles. The van der Waals surface area contributed by atoms with Crippen LogP contribution < -0.4 is 16.2 Å². The van der Waals surface area contributed by atoms with E-state index in [1.165, 1.54) is 23.7 Å². The Hall–Kier alpha value is -2.19. The molecule has 112 valence electrons. The number of carbonyl (C=O) groups excluding carboxylic acids is 2. The van der Waals surface area contributed by atoms with Crippen molar-refractivity contribution >= 4 is 23.2 Å². The Bertz CT molecular complexity index is 609. The molecule has 0 saturated heterocycles.